The summed E-state index contributed by atoms with van der Waals surface area (Å²) in [5.74, 6) is -0.586. The number of nitrogens with zero attached hydrogens (tertiary/aromatic N) is 1. The average Bonchev–Trinajstić information content (AvgIpc) is 2.63. The second kappa shape index (κ2) is 4.45. The maximum atomic E-state index is 13.3. The minimum absolute atomic E-state index is 0.0985. The van der Waals surface area contributed by atoms with Crippen molar-refractivity contribution in [2.45, 2.75) is 44.0 Å². The Morgan fingerprint density at radius 3 is 2.53 bits per heavy atom. The average molecular weight is 286 g/mol. The van der Waals surface area contributed by atoms with Crippen molar-refractivity contribution in [3.8, 4) is 0 Å². The molecule has 1 aromatic carbocycles. The fraction of sp³-hybridized carbons (Fsp3) is 0.538. The van der Waals surface area contributed by atoms with Crippen molar-refractivity contribution in [3.63, 3.8) is 0 Å². The maximum Gasteiger partial charge on any atom is 0.243 e. The Kier molecular flexibility index (Phi) is 3.35. The summed E-state index contributed by atoms with van der Waals surface area (Å²) in [5, 5.41) is 0. The van der Waals surface area contributed by atoms with E-state index in [-0.39, 0.29) is 10.6 Å². The number of anilines is 1. The highest BCUT2D eigenvalue weighted by Gasteiger charge is 2.41. The van der Waals surface area contributed by atoms with Crippen LogP contribution >= 0.6 is 0 Å². The predicted molar refractivity (Wildman–Crippen MR) is 72.8 cm³/mol. The molecule has 0 atom stereocenters. The van der Waals surface area contributed by atoms with E-state index < -0.39 is 21.4 Å². The third-order valence-corrected chi connectivity index (χ3v) is 5.94. The summed E-state index contributed by atoms with van der Waals surface area (Å²) in [7, 11) is -3.63. The number of hydrogen-bond donors (Lipinski definition) is 1. The van der Waals surface area contributed by atoms with Crippen LogP contribution in [0.15, 0.2) is 17.0 Å². The highest BCUT2D eigenvalue weighted by Crippen LogP contribution is 2.35. The molecule has 1 aliphatic rings. The van der Waals surface area contributed by atoms with Crippen LogP contribution in [-0.4, -0.2) is 24.8 Å². The van der Waals surface area contributed by atoms with Crippen LogP contribution in [0.5, 0.6) is 0 Å². The van der Waals surface area contributed by atoms with E-state index in [0.29, 0.717) is 12.1 Å². The molecular formula is C13H19FN2O2S. The van der Waals surface area contributed by atoms with Crippen LogP contribution in [0.3, 0.4) is 0 Å². The van der Waals surface area contributed by atoms with Gasteiger partial charge in [-0.15, -0.1) is 0 Å². The summed E-state index contributed by atoms with van der Waals surface area (Å²) in [6, 6.07) is 2.39. The number of rotatable bonds is 2. The molecule has 0 spiro atoms. The van der Waals surface area contributed by atoms with Crippen molar-refractivity contribution < 1.29 is 12.8 Å². The summed E-state index contributed by atoms with van der Waals surface area (Å²) in [6.45, 7) is 5.88. The maximum absolute atomic E-state index is 13.3. The van der Waals surface area contributed by atoms with Crippen LogP contribution in [0, 0.1) is 12.7 Å². The van der Waals surface area contributed by atoms with Gasteiger partial charge in [0.2, 0.25) is 10.0 Å². The molecule has 2 rings (SSSR count). The van der Waals surface area contributed by atoms with Gasteiger partial charge in [0, 0.05) is 12.1 Å². The highest BCUT2D eigenvalue weighted by atomic mass is 32.2. The van der Waals surface area contributed by atoms with E-state index in [1.54, 1.807) is 6.92 Å². The number of benzene rings is 1. The molecule has 19 heavy (non-hydrogen) atoms. The molecule has 0 aromatic heterocycles. The first-order valence-electron chi connectivity index (χ1n) is 6.25. The lowest BCUT2D eigenvalue weighted by Gasteiger charge is -2.31. The van der Waals surface area contributed by atoms with Gasteiger partial charge in [-0.2, -0.15) is 4.31 Å². The van der Waals surface area contributed by atoms with Gasteiger partial charge in [0.15, 0.2) is 0 Å². The van der Waals surface area contributed by atoms with Gasteiger partial charge in [-0.05, 0) is 51.3 Å². The number of hydrogen-bond acceptors (Lipinski definition) is 3. The molecule has 6 heteroatoms. The second-order valence-electron chi connectivity index (χ2n) is 5.63. The second-order valence-corrected chi connectivity index (χ2v) is 7.46. The van der Waals surface area contributed by atoms with Gasteiger partial charge in [0.05, 0.1) is 10.6 Å². The monoisotopic (exact) mass is 286 g/mol. The molecule has 0 saturated carbocycles. The third kappa shape index (κ3) is 2.34. The number of sulfonamides is 1. The molecule has 0 radical (unpaired) electrons. The Balaban J connectivity index is 2.55. The van der Waals surface area contributed by atoms with Crippen LogP contribution in [0.25, 0.3) is 0 Å². The minimum Gasteiger partial charge on any atom is -0.396 e. The van der Waals surface area contributed by atoms with Gasteiger partial charge in [0.25, 0.3) is 0 Å². The summed E-state index contributed by atoms with van der Waals surface area (Å²) >= 11 is 0. The van der Waals surface area contributed by atoms with Gasteiger partial charge in [-0.1, -0.05) is 0 Å². The van der Waals surface area contributed by atoms with Crippen LogP contribution in [-0.2, 0) is 10.0 Å². The first-order valence-corrected chi connectivity index (χ1v) is 7.69. The van der Waals surface area contributed by atoms with Crippen LogP contribution < -0.4 is 5.73 Å². The van der Waals surface area contributed by atoms with Crippen molar-refractivity contribution in [1.29, 1.82) is 0 Å². The first-order chi connectivity index (χ1) is 8.66. The molecule has 0 unspecified atom stereocenters. The number of aryl methyl sites for hydroxylation is 1. The fourth-order valence-corrected chi connectivity index (χ4v) is 4.68. The van der Waals surface area contributed by atoms with E-state index >= 15 is 0 Å². The Morgan fingerprint density at radius 2 is 2.00 bits per heavy atom. The van der Waals surface area contributed by atoms with Crippen molar-refractivity contribution in [3.05, 3.63) is 23.5 Å². The van der Waals surface area contributed by atoms with Crippen molar-refractivity contribution in [2.24, 2.45) is 0 Å². The zero-order valence-corrected chi connectivity index (χ0v) is 12.2. The molecule has 1 saturated heterocycles. The minimum atomic E-state index is -3.63. The summed E-state index contributed by atoms with van der Waals surface area (Å²) in [4.78, 5) is 0.0985. The van der Waals surface area contributed by atoms with E-state index in [0.717, 1.165) is 12.8 Å². The quantitative estimate of drug-likeness (QED) is 0.848. The normalized spacial score (nSPS) is 19.8. The van der Waals surface area contributed by atoms with Gasteiger partial charge >= 0.3 is 0 Å². The van der Waals surface area contributed by atoms with Gasteiger partial charge in [0.1, 0.15) is 5.82 Å². The number of halogens is 1. The molecule has 2 N–H and O–H groups in total. The van der Waals surface area contributed by atoms with Crippen LogP contribution in [0.1, 0.15) is 32.3 Å². The van der Waals surface area contributed by atoms with E-state index in [1.807, 2.05) is 13.8 Å². The van der Waals surface area contributed by atoms with Gasteiger partial charge < -0.3 is 5.73 Å². The van der Waals surface area contributed by atoms with Gasteiger partial charge in [-0.3, -0.25) is 0 Å². The van der Waals surface area contributed by atoms with Crippen molar-refractivity contribution >= 4 is 15.7 Å². The lowest BCUT2D eigenvalue weighted by atomic mass is 10.0. The Bertz CT molecular complexity index is 611. The Morgan fingerprint density at radius 1 is 1.37 bits per heavy atom. The molecule has 4 nitrogen and oxygen atoms in total. The molecule has 106 valence electrons. The fourth-order valence-electron chi connectivity index (χ4n) is 2.59. The predicted octanol–water partition coefficient (Wildman–Crippen LogP) is 2.28. The van der Waals surface area contributed by atoms with E-state index in [4.69, 9.17) is 5.73 Å². The smallest absolute Gasteiger partial charge is 0.243 e. The summed E-state index contributed by atoms with van der Waals surface area (Å²) in [5.41, 5.74) is 5.33. The van der Waals surface area contributed by atoms with E-state index in [1.165, 1.54) is 16.4 Å². The van der Waals surface area contributed by atoms with E-state index in [2.05, 4.69) is 0 Å². The zero-order valence-electron chi connectivity index (χ0n) is 11.4. The number of nitrogen functional groups attached to an aromatic ring is 1. The molecule has 1 fully saturated rings. The Hall–Kier alpha value is -1.14. The zero-order chi connectivity index (χ0) is 14.4. The lowest BCUT2D eigenvalue weighted by molar-refractivity contribution is 0.291. The molecule has 0 aliphatic carbocycles. The lowest BCUT2D eigenvalue weighted by Crippen LogP contribution is -2.42. The standard InChI is InChI=1S/C13H19FN2O2S/c1-9-7-10(14)11(15)8-12(9)19(17,18)16-6-4-5-13(16,2)3/h7-8H,4-6,15H2,1-3H3. The van der Waals surface area contributed by atoms with Crippen molar-refractivity contribution in [2.75, 3.05) is 12.3 Å². The summed E-state index contributed by atoms with van der Waals surface area (Å²) < 4.78 is 40.2. The van der Waals surface area contributed by atoms with Crippen LogP contribution in [0.2, 0.25) is 0 Å². The number of nitrogens with two attached hydrogens (primary N) is 1. The molecule has 1 aliphatic heterocycles. The molecular weight excluding hydrogens is 267 g/mol. The largest absolute Gasteiger partial charge is 0.396 e. The SMILES string of the molecule is Cc1cc(F)c(N)cc1S(=O)(=O)N1CCCC1(C)C. The van der Waals surface area contributed by atoms with Crippen molar-refractivity contribution in [1.82, 2.24) is 4.31 Å². The molecule has 0 amide bonds. The molecule has 1 heterocycles. The van der Waals surface area contributed by atoms with E-state index in [9.17, 15) is 12.8 Å². The Labute approximate surface area is 113 Å². The first kappa shape index (κ1) is 14.3. The third-order valence-electron chi connectivity index (χ3n) is 3.69. The van der Waals surface area contributed by atoms with Crippen LogP contribution in [0.4, 0.5) is 10.1 Å². The topological polar surface area (TPSA) is 63.4 Å². The molecule has 1 aromatic rings. The highest BCUT2D eigenvalue weighted by molar-refractivity contribution is 7.89. The summed E-state index contributed by atoms with van der Waals surface area (Å²) in [6.07, 6.45) is 1.66. The molecule has 0 bridgehead atoms. The van der Waals surface area contributed by atoms with Gasteiger partial charge in [-0.25, -0.2) is 12.8 Å².